The van der Waals surface area contributed by atoms with Gasteiger partial charge < -0.3 is 9.84 Å². The van der Waals surface area contributed by atoms with E-state index in [9.17, 15) is 18.3 Å². The van der Waals surface area contributed by atoms with Crippen molar-refractivity contribution in [2.24, 2.45) is 0 Å². The molecule has 0 fully saturated rings. The van der Waals surface area contributed by atoms with Gasteiger partial charge >= 0.3 is 0 Å². The summed E-state index contributed by atoms with van der Waals surface area (Å²) >= 11 is 3.01. The molecule has 0 heterocycles. The number of hydrogen-bond donors (Lipinski definition) is 1. The Morgan fingerprint density at radius 3 is 2.45 bits per heavy atom. The van der Waals surface area contributed by atoms with E-state index in [1.165, 1.54) is 25.1 Å². The summed E-state index contributed by atoms with van der Waals surface area (Å²) in [4.78, 5) is 0. The lowest BCUT2D eigenvalue weighted by molar-refractivity contribution is 0.190. The van der Waals surface area contributed by atoms with E-state index in [4.69, 9.17) is 4.74 Å². The van der Waals surface area contributed by atoms with E-state index in [0.717, 1.165) is 12.1 Å². The number of hydrogen-bond acceptors (Lipinski definition) is 2. The van der Waals surface area contributed by atoms with E-state index in [1.807, 2.05) is 0 Å². The third-order valence-corrected chi connectivity index (χ3v) is 3.07. The Hall–Kier alpha value is -1.53. The number of aliphatic hydroxyl groups excluding tert-OH is 1. The van der Waals surface area contributed by atoms with Gasteiger partial charge in [0.25, 0.3) is 0 Å². The third-order valence-electron chi connectivity index (χ3n) is 2.61. The predicted molar refractivity (Wildman–Crippen MR) is 71.2 cm³/mol. The van der Waals surface area contributed by atoms with E-state index in [0.29, 0.717) is 0 Å². The highest BCUT2D eigenvalue weighted by Crippen LogP contribution is 2.34. The molecule has 0 aromatic heterocycles. The largest absolute Gasteiger partial charge is 0.454 e. The summed E-state index contributed by atoms with van der Waals surface area (Å²) in [6, 6.07) is 6.03. The van der Waals surface area contributed by atoms with Crippen LogP contribution in [0.3, 0.4) is 0 Å². The van der Waals surface area contributed by atoms with E-state index in [2.05, 4.69) is 15.9 Å². The first-order chi connectivity index (χ1) is 9.40. The second-order valence-corrected chi connectivity index (χ2v) is 5.05. The molecule has 0 saturated heterocycles. The molecule has 0 saturated carbocycles. The van der Waals surface area contributed by atoms with Crippen molar-refractivity contribution >= 4 is 15.9 Å². The molecule has 0 unspecified atom stereocenters. The summed E-state index contributed by atoms with van der Waals surface area (Å²) in [6.45, 7) is 1.35. The number of rotatable bonds is 3. The summed E-state index contributed by atoms with van der Waals surface area (Å²) in [5.41, 5.74) is -0.118. The molecule has 1 atom stereocenters. The minimum Gasteiger partial charge on any atom is -0.454 e. The molecule has 0 amide bonds. The standard InChI is InChI=1S/C14H10BrF3O2/c1-7(19)13-9(16)3-2-4-11(13)20-12-6-8(15)5-10(17)14(12)18/h2-7,19H,1H3/t7-/m0/s1. The highest BCUT2D eigenvalue weighted by molar-refractivity contribution is 9.10. The monoisotopic (exact) mass is 346 g/mol. The number of benzene rings is 2. The number of ether oxygens (including phenoxy) is 1. The van der Waals surface area contributed by atoms with Crippen LogP contribution in [0.15, 0.2) is 34.8 Å². The van der Waals surface area contributed by atoms with Gasteiger partial charge in [-0.15, -0.1) is 0 Å². The summed E-state index contributed by atoms with van der Waals surface area (Å²) < 4.78 is 46.0. The fraction of sp³-hybridized carbons (Fsp3) is 0.143. The molecule has 6 heteroatoms. The third kappa shape index (κ3) is 2.96. The molecule has 0 spiro atoms. The highest BCUT2D eigenvalue weighted by atomic mass is 79.9. The van der Waals surface area contributed by atoms with E-state index in [-0.39, 0.29) is 15.8 Å². The van der Waals surface area contributed by atoms with Crippen molar-refractivity contribution < 1.29 is 23.0 Å². The summed E-state index contributed by atoms with van der Waals surface area (Å²) in [5.74, 6) is -3.44. The van der Waals surface area contributed by atoms with Crippen molar-refractivity contribution in [1.29, 1.82) is 0 Å². The molecule has 0 aliphatic rings. The smallest absolute Gasteiger partial charge is 0.201 e. The fourth-order valence-electron chi connectivity index (χ4n) is 1.74. The lowest BCUT2D eigenvalue weighted by Gasteiger charge is -2.14. The van der Waals surface area contributed by atoms with Gasteiger partial charge in [0.15, 0.2) is 11.6 Å². The molecule has 20 heavy (non-hydrogen) atoms. The lowest BCUT2D eigenvalue weighted by Crippen LogP contribution is -2.01. The normalized spacial score (nSPS) is 12.3. The molecule has 0 radical (unpaired) electrons. The molecule has 2 aromatic rings. The Balaban J connectivity index is 2.48. The zero-order valence-corrected chi connectivity index (χ0v) is 11.9. The van der Waals surface area contributed by atoms with Crippen molar-refractivity contribution in [3.8, 4) is 11.5 Å². The average Bonchev–Trinajstić information content (AvgIpc) is 2.35. The molecule has 2 aromatic carbocycles. The molecular weight excluding hydrogens is 337 g/mol. The Morgan fingerprint density at radius 2 is 1.80 bits per heavy atom. The van der Waals surface area contributed by atoms with Crippen LogP contribution in [0.5, 0.6) is 11.5 Å². The van der Waals surface area contributed by atoms with Gasteiger partial charge in [-0.25, -0.2) is 8.78 Å². The second-order valence-electron chi connectivity index (χ2n) is 4.13. The van der Waals surface area contributed by atoms with E-state index < -0.39 is 29.3 Å². The minimum absolute atomic E-state index is 0.0728. The van der Waals surface area contributed by atoms with Crippen LogP contribution < -0.4 is 4.74 Å². The number of aliphatic hydroxyl groups is 1. The van der Waals surface area contributed by atoms with Crippen LogP contribution in [-0.2, 0) is 0 Å². The Kier molecular flexibility index (Phi) is 4.35. The van der Waals surface area contributed by atoms with E-state index in [1.54, 1.807) is 0 Å². The first kappa shape index (κ1) is 14.9. The zero-order valence-electron chi connectivity index (χ0n) is 10.3. The van der Waals surface area contributed by atoms with Gasteiger partial charge in [-0.2, -0.15) is 4.39 Å². The van der Waals surface area contributed by atoms with Gasteiger partial charge in [0.1, 0.15) is 11.6 Å². The first-order valence-corrected chi connectivity index (χ1v) is 6.48. The maximum absolute atomic E-state index is 13.6. The molecule has 1 N–H and O–H groups in total. The molecular formula is C14H10BrF3O2. The zero-order chi connectivity index (χ0) is 14.9. The Morgan fingerprint density at radius 1 is 1.10 bits per heavy atom. The van der Waals surface area contributed by atoms with Crippen molar-refractivity contribution in [3.63, 3.8) is 0 Å². The lowest BCUT2D eigenvalue weighted by atomic mass is 10.1. The first-order valence-electron chi connectivity index (χ1n) is 5.69. The molecule has 106 valence electrons. The van der Waals surface area contributed by atoms with Crippen molar-refractivity contribution in [2.45, 2.75) is 13.0 Å². The summed E-state index contributed by atoms with van der Waals surface area (Å²) in [7, 11) is 0. The number of halogens is 4. The molecule has 0 aliphatic carbocycles. The topological polar surface area (TPSA) is 29.5 Å². The van der Waals surface area contributed by atoms with Crippen molar-refractivity contribution in [3.05, 3.63) is 57.8 Å². The van der Waals surface area contributed by atoms with Gasteiger partial charge in [-0.05, 0) is 31.2 Å². The van der Waals surface area contributed by atoms with Gasteiger partial charge in [0, 0.05) is 4.47 Å². The van der Waals surface area contributed by atoms with E-state index >= 15 is 0 Å². The van der Waals surface area contributed by atoms with Crippen LogP contribution in [0.4, 0.5) is 13.2 Å². The second kappa shape index (κ2) is 5.85. The molecule has 2 rings (SSSR count). The molecule has 0 bridgehead atoms. The van der Waals surface area contributed by atoms with Gasteiger partial charge in [0.2, 0.25) is 5.82 Å². The summed E-state index contributed by atoms with van der Waals surface area (Å²) in [6.07, 6.45) is -1.15. The Labute approximate surface area is 121 Å². The highest BCUT2D eigenvalue weighted by Gasteiger charge is 2.18. The molecule has 0 aliphatic heterocycles. The minimum atomic E-state index is -1.19. The van der Waals surface area contributed by atoms with Gasteiger partial charge in [-0.1, -0.05) is 22.0 Å². The summed E-state index contributed by atoms with van der Waals surface area (Å²) in [5, 5.41) is 9.54. The molecule has 2 nitrogen and oxygen atoms in total. The maximum Gasteiger partial charge on any atom is 0.201 e. The van der Waals surface area contributed by atoms with Crippen LogP contribution >= 0.6 is 15.9 Å². The SMILES string of the molecule is C[C@H](O)c1c(F)cccc1Oc1cc(Br)cc(F)c1F. The fourth-order valence-corrected chi connectivity index (χ4v) is 2.15. The van der Waals surface area contributed by atoms with Crippen LogP contribution in [0.25, 0.3) is 0 Å². The van der Waals surface area contributed by atoms with Gasteiger partial charge in [-0.3, -0.25) is 0 Å². The van der Waals surface area contributed by atoms with Crippen LogP contribution in [0.2, 0.25) is 0 Å². The van der Waals surface area contributed by atoms with Crippen molar-refractivity contribution in [2.75, 3.05) is 0 Å². The van der Waals surface area contributed by atoms with Crippen molar-refractivity contribution in [1.82, 2.24) is 0 Å². The quantitative estimate of drug-likeness (QED) is 0.815. The van der Waals surface area contributed by atoms with Crippen LogP contribution in [0, 0.1) is 17.5 Å². The Bertz CT molecular complexity index is 645. The predicted octanol–water partition coefficient (Wildman–Crippen LogP) is 4.71. The maximum atomic E-state index is 13.6. The average molecular weight is 347 g/mol. The van der Waals surface area contributed by atoms with Crippen LogP contribution in [0.1, 0.15) is 18.6 Å². The van der Waals surface area contributed by atoms with Crippen LogP contribution in [-0.4, -0.2) is 5.11 Å². The van der Waals surface area contributed by atoms with Gasteiger partial charge in [0.05, 0.1) is 11.7 Å².